The van der Waals surface area contributed by atoms with Gasteiger partial charge >= 0.3 is 0 Å². The second kappa shape index (κ2) is 5.25. The van der Waals surface area contributed by atoms with Crippen molar-refractivity contribution >= 4 is 15.8 Å². The zero-order valence-corrected chi connectivity index (χ0v) is 11.3. The van der Waals surface area contributed by atoms with Gasteiger partial charge in [0.1, 0.15) is 4.90 Å². The van der Waals surface area contributed by atoms with Crippen molar-refractivity contribution in [1.82, 2.24) is 19.4 Å². The summed E-state index contributed by atoms with van der Waals surface area (Å²) in [5.41, 5.74) is 5.56. The van der Waals surface area contributed by atoms with Crippen molar-refractivity contribution in [3.05, 3.63) is 6.20 Å². The Morgan fingerprint density at radius 3 is 2.67 bits per heavy atom. The van der Waals surface area contributed by atoms with E-state index in [2.05, 4.69) is 14.7 Å². The smallest absolute Gasteiger partial charge is 0.245 e. The van der Waals surface area contributed by atoms with Crippen LogP contribution in [-0.4, -0.2) is 49.3 Å². The van der Waals surface area contributed by atoms with Crippen molar-refractivity contribution in [2.24, 2.45) is 7.05 Å². The number of sulfonamides is 1. The largest absolute Gasteiger partial charge is 0.381 e. The zero-order valence-electron chi connectivity index (χ0n) is 10.5. The van der Waals surface area contributed by atoms with E-state index in [0.29, 0.717) is 6.54 Å². The minimum Gasteiger partial charge on any atom is -0.381 e. The lowest BCUT2D eigenvalue weighted by molar-refractivity contribution is 0.344. The zero-order chi connectivity index (χ0) is 13.2. The molecule has 8 heteroatoms. The maximum absolute atomic E-state index is 12.0. The molecular weight excluding hydrogens is 254 g/mol. The third-order valence-electron chi connectivity index (χ3n) is 3.03. The Hall–Kier alpha value is -1.12. The number of nitrogens with one attached hydrogen (secondary N) is 1. The van der Waals surface area contributed by atoms with Crippen LogP contribution in [0.5, 0.6) is 0 Å². The first kappa shape index (κ1) is 13.3. The Balaban J connectivity index is 1.93. The predicted octanol–water partition coefficient (Wildman–Crippen LogP) is -0.624. The summed E-state index contributed by atoms with van der Waals surface area (Å²) in [6.07, 6.45) is 3.80. The van der Waals surface area contributed by atoms with Gasteiger partial charge in [0.05, 0.1) is 0 Å². The lowest BCUT2D eigenvalue weighted by Crippen LogP contribution is -2.33. The topological polar surface area (TPSA) is 93.2 Å². The monoisotopic (exact) mass is 273 g/mol. The van der Waals surface area contributed by atoms with Gasteiger partial charge in [-0.15, -0.1) is 0 Å². The lowest BCUT2D eigenvalue weighted by atomic mass is 10.4. The second-order valence-electron chi connectivity index (χ2n) is 4.50. The number of likely N-dealkylation sites (tertiary alicyclic amines) is 1. The fourth-order valence-corrected chi connectivity index (χ4v) is 3.24. The Kier molecular flexibility index (Phi) is 3.88. The number of anilines is 1. The molecule has 1 aliphatic heterocycles. The van der Waals surface area contributed by atoms with Gasteiger partial charge in [0.2, 0.25) is 10.0 Å². The Morgan fingerprint density at radius 1 is 1.44 bits per heavy atom. The Bertz CT molecular complexity index is 504. The molecule has 0 radical (unpaired) electrons. The van der Waals surface area contributed by atoms with Crippen molar-refractivity contribution in [1.29, 1.82) is 0 Å². The molecule has 0 aromatic carbocycles. The summed E-state index contributed by atoms with van der Waals surface area (Å²) in [7, 11) is -1.91. The molecule has 0 aliphatic carbocycles. The molecule has 0 saturated carbocycles. The van der Waals surface area contributed by atoms with Crippen molar-refractivity contribution in [2.45, 2.75) is 17.7 Å². The summed E-state index contributed by atoms with van der Waals surface area (Å²) in [5, 5.41) is 3.83. The number of nitrogens with two attached hydrogens (primary N) is 1. The molecular formula is C10H19N5O2S. The average Bonchev–Trinajstić information content (AvgIpc) is 2.88. The maximum atomic E-state index is 12.0. The highest BCUT2D eigenvalue weighted by molar-refractivity contribution is 7.89. The van der Waals surface area contributed by atoms with Gasteiger partial charge in [0.15, 0.2) is 5.82 Å². The lowest BCUT2D eigenvalue weighted by Gasteiger charge is -2.14. The maximum Gasteiger partial charge on any atom is 0.245 e. The molecule has 102 valence electrons. The quantitative estimate of drug-likeness (QED) is 0.745. The normalized spacial score (nSPS) is 17.4. The molecule has 1 fully saturated rings. The highest BCUT2D eigenvalue weighted by Gasteiger charge is 2.20. The van der Waals surface area contributed by atoms with Gasteiger partial charge in [-0.2, -0.15) is 5.10 Å². The molecule has 7 nitrogen and oxygen atoms in total. The van der Waals surface area contributed by atoms with Crippen molar-refractivity contribution in [3.8, 4) is 0 Å². The fourth-order valence-electron chi connectivity index (χ4n) is 2.11. The van der Waals surface area contributed by atoms with Crippen LogP contribution in [0.25, 0.3) is 0 Å². The number of nitrogens with zero attached hydrogens (tertiary/aromatic N) is 3. The van der Waals surface area contributed by atoms with Crippen LogP contribution in [0.3, 0.4) is 0 Å². The first-order valence-electron chi connectivity index (χ1n) is 6.00. The van der Waals surface area contributed by atoms with Crippen LogP contribution in [0.2, 0.25) is 0 Å². The van der Waals surface area contributed by atoms with Gasteiger partial charge in [-0.05, 0) is 25.9 Å². The first-order chi connectivity index (χ1) is 8.49. The van der Waals surface area contributed by atoms with E-state index in [-0.39, 0.29) is 10.7 Å². The van der Waals surface area contributed by atoms with Crippen molar-refractivity contribution in [3.63, 3.8) is 0 Å². The molecule has 2 rings (SSSR count). The molecule has 2 heterocycles. The molecule has 1 aromatic rings. The third-order valence-corrected chi connectivity index (χ3v) is 4.51. The summed E-state index contributed by atoms with van der Waals surface area (Å²) < 4.78 is 27.9. The van der Waals surface area contributed by atoms with Gasteiger partial charge < -0.3 is 10.6 Å². The summed E-state index contributed by atoms with van der Waals surface area (Å²) >= 11 is 0. The van der Waals surface area contributed by atoms with Crippen LogP contribution in [0, 0.1) is 0 Å². The summed E-state index contributed by atoms with van der Waals surface area (Å²) in [6.45, 7) is 3.24. The molecule has 0 bridgehead atoms. The predicted molar refractivity (Wildman–Crippen MR) is 68.5 cm³/mol. The highest BCUT2D eigenvalue weighted by atomic mass is 32.2. The van der Waals surface area contributed by atoms with Crippen LogP contribution in [0.15, 0.2) is 11.1 Å². The summed E-state index contributed by atoms with van der Waals surface area (Å²) in [6, 6.07) is 0. The standard InChI is InChI=1S/C10H19N5O2S/c1-14-8-9(10(11)13-14)18(16,17)12-4-7-15-5-2-3-6-15/h8,12H,2-7H2,1H3,(H2,11,13). The second-order valence-corrected chi connectivity index (χ2v) is 6.23. The van der Waals surface area contributed by atoms with Crippen molar-refractivity contribution < 1.29 is 8.42 Å². The van der Waals surface area contributed by atoms with E-state index in [1.54, 1.807) is 7.05 Å². The van der Waals surface area contributed by atoms with E-state index in [1.807, 2.05) is 0 Å². The molecule has 0 amide bonds. The molecule has 1 aromatic heterocycles. The molecule has 0 unspecified atom stereocenters. The molecule has 0 atom stereocenters. The van der Waals surface area contributed by atoms with Crippen LogP contribution in [0.4, 0.5) is 5.82 Å². The van der Waals surface area contributed by atoms with Crippen LogP contribution in [0.1, 0.15) is 12.8 Å². The Morgan fingerprint density at radius 2 is 2.11 bits per heavy atom. The molecule has 18 heavy (non-hydrogen) atoms. The van der Waals surface area contributed by atoms with Crippen molar-refractivity contribution in [2.75, 3.05) is 31.9 Å². The first-order valence-corrected chi connectivity index (χ1v) is 7.48. The van der Waals surface area contributed by atoms with Crippen LogP contribution >= 0.6 is 0 Å². The Labute approximate surface area is 107 Å². The minimum atomic E-state index is -3.55. The molecule has 3 N–H and O–H groups in total. The van der Waals surface area contributed by atoms with E-state index >= 15 is 0 Å². The van der Waals surface area contributed by atoms with E-state index in [4.69, 9.17) is 5.73 Å². The SMILES string of the molecule is Cn1cc(S(=O)(=O)NCCN2CCCC2)c(N)n1. The number of aromatic nitrogens is 2. The number of hydrogen-bond acceptors (Lipinski definition) is 5. The van der Waals surface area contributed by atoms with E-state index in [1.165, 1.54) is 23.7 Å². The van der Waals surface area contributed by atoms with Crippen LogP contribution in [-0.2, 0) is 17.1 Å². The average molecular weight is 273 g/mol. The number of rotatable bonds is 5. The van der Waals surface area contributed by atoms with Gasteiger partial charge in [-0.25, -0.2) is 13.1 Å². The number of nitrogen functional groups attached to an aromatic ring is 1. The van der Waals surface area contributed by atoms with Crippen LogP contribution < -0.4 is 10.5 Å². The molecule has 0 spiro atoms. The molecule has 1 saturated heterocycles. The van der Waals surface area contributed by atoms with Gasteiger partial charge in [-0.1, -0.05) is 0 Å². The van der Waals surface area contributed by atoms with Gasteiger partial charge in [0.25, 0.3) is 0 Å². The van der Waals surface area contributed by atoms with Gasteiger partial charge in [0, 0.05) is 26.3 Å². The highest BCUT2D eigenvalue weighted by Crippen LogP contribution is 2.15. The number of hydrogen-bond donors (Lipinski definition) is 2. The van der Waals surface area contributed by atoms with E-state index in [9.17, 15) is 8.42 Å². The summed E-state index contributed by atoms with van der Waals surface area (Å²) in [5.74, 6) is 0.0335. The third kappa shape index (κ3) is 3.01. The molecule has 1 aliphatic rings. The van der Waals surface area contributed by atoms with E-state index < -0.39 is 10.0 Å². The van der Waals surface area contributed by atoms with Gasteiger partial charge in [-0.3, -0.25) is 4.68 Å². The minimum absolute atomic E-state index is 0.0335. The van der Waals surface area contributed by atoms with E-state index in [0.717, 1.165) is 19.6 Å². The number of aryl methyl sites for hydroxylation is 1. The fraction of sp³-hybridized carbons (Fsp3) is 0.700. The summed E-state index contributed by atoms with van der Waals surface area (Å²) in [4.78, 5) is 2.29.